The van der Waals surface area contributed by atoms with Gasteiger partial charge >= 0.3 is 6.09 Å². The molecule has 0 unspecified atom stereocenters. The molecule has 0 radical (unpaired) electrons. The highest BCUT2D eigenvalue weighted by Gasteiger charge is 2.11. The Bertz CT molecular complexity index is 1450. The number of para-hydroxylation sites is 2. The molecule has 6 nitrogen and oxygen atoms in total. The summed E-state index contributed by atoms with van der Waals surface area (Å²) in [6.45, 7) is 0.0184. The second-order valence-electron chi connectivity index (χ2n) is 7.82. The minimum Gasteiger partial charge on any atom is -0.444 e. The van der Waals surface area contributed by atoms with E-state index in [4.69, 9.17) is 15.5 Å². The Kier molecular flexibility index (Phi) is 5.66. The van der Waals surface area contributed by atoms with Gasteiger partial charge in [-0.15, -0.1) is 0 Å². The lowest BCUT2D eigenvalue weighted by molar-refractivity contribution is 0.155. The largest absolute Gasteiger partial charge is 0.444 e. The van der Waals surface area contributed by atoms with E-state index in [2.05, 4.69) is 10.6 Å². The fourth-order valence-corrected chi connectivity index (χ4v) is 3.83. The lowest BCUT2D eigenvalue weighted by atomic mass is 10.1. The standard InChI is InChI=1S/C27H21FN4O2/c28-18-9-11-20(12-10-18)31-27(33)34-16-17-13-19(29)15-21(14-17)30-26-22-5-1-3-7-24(22)32-25-8-4-2-6-23(25)26/h1-15H,16,29H2,(H,30,32)(H,31,33). The van der Waals surface area contributed by atoms with Crippen molar-refractivity contribution in [2.24, 2.45) is 0 Å². The van der Waals surface area contributed by atoms with Crippen molar-refractivity contribution < 1.29 is 13.9 Å². The van der Waals surface area contributed by atoms with Crippen molar-refractivity contribution in [1.29, 1.82) is 0 Å². The molecule has 34 heavy (non-hydrogen) atoms. The zero-order valence-electron chi connectivity index (χ0n) is 18.1. The molecule has 5 rings (SSSR count). The molecule has 1 amide bonds. The van der Waals surface area contributed by atoms with Crippen LogP contribution in [-0.4, -0.2) is 11.1 Å². The van der Waals surface area contributed by atoms with Crippen LogP contribution in [0.3, 0.4) is 0 Å². The van der Waals surface area contributed by atoms with Gasteiger partial charge in [-0.05, 0) is 60.2 Å². The molecule has 0 atom stereocenters. The number of hydrogen-bond donors (Lipinski definition) is 3. The van der Waals surface area contributed by atoms with Crippen LogP contribution in [0.4, 0.5) is 31.9 Å². The first-order valence-corrected chi connectivity index (χ1v) is 10.7. The Labute approximate surface area is 195 Å². The average molecular weight is 452 g/mol. The second kappa shape index (κ2) is 9.07. The van der Waals surface area contributed by atoms with Crippen molar-refractivity contribution in [3.63, 3.8) is 0 Å². The number of carbonyl (C=O) groups is 1. The minimum absolute atomic E-state index is 0.0184. The summed E-state index contributed by atoms with van der Waals surface area (Å²) in [4.78, 5) is 16.9. The third-order valence-electron chi connectivity index (χ3n) is 5.33. The van der Waals surface area contributed by atoms with Gasteiger partial charge < -0.3 is 15.8 Å². The Balaban J connectivity index is 1.38. The van der Waals surface area contributed by atoms with Gasteiger partial charge in [0.25, 0.3) is 0 Å². The number of benzene rings is 4. The number of hydrogen-bond acceptors (Lipinski definition) is 5. The number of nitrogen functional groups attached to an aromatic ring is 1. The lowest BCUT2D eigenvalue weighted by Gasteiger charge is -2.15. The maximum Gasteiger partial charge on any atom is 0.411 e. The average Bonchev–Trinajstić information content (AvgIpc) is 2.84. The molecule has 0 saturated heterocycles. The third-order valence-corrected chi connectivity index (χ3v) is 5.33. The van der Waals surface area contributed by atoms with Crippen LogP contribution in [0.2, 0.25) is 0 Å². The predicted octanol–water partition coefficient (Wildman–Crippen LogP) is 6.60. The quantitative estimate of drug-likeness (QED) is 0.206. The lowest BCUT2D eigenvalue weighted by Crippen LogP contribution is -2.13. The number of amides is 1. The van der Waals surface area contributed by atoms with Crippen LogP contribution in [0.15, 0.2) is 91.0 Å². The normalized spacial score (nSPS) is 10.9. The molecule has 0 bridgehead atoms. The number of carbonyl (C=O) groups excluding carboxylic acids is 1. The number of nitrogens with zero attached hydrogens (tertiary/aromatic N) is 1. The van der Waals surface area contributed by atoms with Crippen LogP contribution in [0.1, 0.15) is 5.56 Å². The molecule has 7 heteroatoms. The molecule has 0 fully saturated rings. The molecular formula is C27H21FN4O2. The first kappa shape index (κ1) is 21.2. The minimum atomic E-state index is -0.644. The number of nitrogens with one attached hydrogen (secondary N) is 2. The van der Waals surface area contributed by atoms with Gasteiger partial charge in [0, 0.05) is 27.8 Å². The van der Waals surface area contributed by atoms with E-state index in [1.807, 2.05) is 60.7 Å². The van der Waals surface area contributed by atoms with Gasteiger partial charge in [0.1, 0.15) is 12.4 Å². The molecule has 0 saturated carbocycles. The fourth-order valence-electron chi connectivity index (χ4n) is 3.83. The van der Waals surface area contributed by atoms with Gasteiger partial charge in [0.2, 0.25) is 0 Å². The van der Waals surface area contributed by atoms with Gasteiger partial charge in [0.05, 0.1) is 16.7 Å². The number of fused-ring (bicyclic) bond motifs is 2. The highest BCUT2D eigenvalue weighted by atomic mass is 19.1. The van der Waals surface area contributed by atoms with Crippen LogP contribution in [-0.2, 0) is 11.3 Å². The maximum atomic E-state index is 13.0. The first-order chi connectivity index (χ1) is 16.5. The zero-order chi connectivity index (χ0) is 23.5. The van der Waals surface area contributed by atoms with Crippen LogP contribution in [0, 0.1) is 5.82 Å². The van der Waals surface area contributed by atoms with E-state index in [0.29, 0.717) is 11.4 Å². The van der Waals surface area contributed by atoms with E-state index in [1.54, 1.807) is 6.07 Å². The van der Waals surface area contributed by atoms with Crippen LogP contribution in [0.5, 0.6) is 0 Å². The van der Waals surface area contributed by atoms with E-state index < -0.39 is 6.09 Å². The second-order valence-corrected chi connectivity index (χ2v) is 7.82. The molecule has 0 aliphatic carbocycles. The topological polar surface area (TPSA) is 89.3 Å². The van der Waals surface area contributed by atoms with Crippen molar-refractivity contribution in [2.75, 3.05) is 16.4 Å². The van der Waals surface area contributed by atoms with Gasteiger partial charge in [-0.25, -0.2) is 14.2 Å². The number of ether oxygens (including phenoxy) is 1. The monoisotopic (exact) mass is 452 g/mol. The van der Waals surface area contributed by atoms with Crippen molar-refractivity contribution in [3.8, 4) is 0 Å². The van der Waals surface area contributed by atoms with E-state index in [-0.39, 0.29) is 12.4 Å². The summed E-state index contributed by atoms with van der Waals surface area (Å²) in [5, 5.41) is 8.03. The van der Waals surface area contributed by atoms with Crippen molar-refractivity contribution in [3.05, 3.63) is 102 Å². The van der Waals surface area contributed by atoms with Gasteiger partial charge in [0.15, 0.2) is 0 Å². The molecule has 4 aromatic carbocycles. The number of anilines is 4. The van der Waals surface area contributed by atoms with Crippen LogP contribution in [0.25, 0.3) is 21.8 Å². The maximum absolute atomic E-state index is 13.0. The molecule has 5 aromatic rings. The Morgan fingerprint density at radius 2 is 1.50 bits per heavy atom. The summed E-state index contributed by atoms with van der Waals surface area (Å²) < 4.78 is 18.4. The molecule has 0 aliphatic rings. The van der Waals surface area contributed by atoms with Crippen LogP contribution >= 0.6 is 0 Å². The van der Waals surface area contributed by atoms with Crippen molar-refractivity contribution in [2.45, 2.75) is 6.61 Å². The summed E-state index contributed by atoms with van der Waals surface area (Å²) >= 11 is 0. The smallest absolute Gasteiger partial charge is 0.411 e. The number of aromatic nitrogens is 1. The third kappa shape index (κ3) is 4.59. The highest BCUT2D eigenvalue weighted by molar-refractivity contribution is 6.08. The number of halogens is 1. The number of pyridine rings is 1. The van der Waals surface area contributed by atoms with Gasteiger partial charge in [-0.2, -0.15) is 0 Å². The van der Waals surface area contributed by atoms with Crippen molar-refractivity contribution in [1.82, 2.24) is 4.98 Å². The number of rotatable bonds is 5. The molecule has 0 aliphatic heterocycles. The van der Waals surface area contributed by atoms with Gasteiger partial charge in [-0.3, -0.25) is 5.32 Å². The summed E-state index contributed by atoms with van der Waals surface area (Å²) in [6, 6.07) is 26.8. The first-order valence-electron chi connectivity index (χ1n) is 10.7. The van der Waals surface area contributed by atoms with Crippen LogP contribution < -0.4 is 16.4 Å². The summed E-state index contributed by atoms with van der Waals surface area (Å²) in [5.74, 6) is -0.381. The number of nitrogens with two attached hydrogens (primary N) is 1. The highest BCUT2D eigenvalue weighted by Crippen LogP contribution is 2.33. The fraction of sp³-hybridized carbons (Fsp3) is 0.0370. The van der Waals surface area contributed by atoms with E-state index >= 15 is 0 Å². The molecule has 0 spiro atoms. The Morgan fingerprint density at radius 1 is 0.853 bits per heavy atom. The Morgan fingerprint density at radius 3 is 2.18 bits per heavy atom. The Hall–Kier alpha value is -4.65. The molecule has 4 N–H and O–H groups in total. The molecular weight excluding hydrogens is 431 g/mol. The van der Waals surface area contributed by atoms with E-state index in [9.17, 15) is 9.18 Å². The van der Waals surface area contributed by atoms with E-state index in [0.717, 1.165) is 38.7 Å². The summed E-state index contributed by atoms with van der Waals surface area (Å²) in [7, 11) is 0. The zero-order valence-corrected chi connectivity index (χ0v) is 18.1. The molecule has 1 heterocycles. The summed E-state index contributed by atoms with van der Waals surface area (Å²) in [6.07, 6.45) is -0.644. The molecule has 168 valence electrons. The summed E-state index contributed by atoms with van der Waals surface area (Å²) in [5.41, 5.74) is 11.3. The predicted molar refractivity (Wildman–Crippen MR) is 134 cm³/mol. The van der Waals surface area contributed by atoms with E-state index in [1.165, 1.54) is 24.3 Å². The SMILES string of the molecule is Nc1cc(COC(=O)Nc2ccc(F)cc2)cc(Nc2c3ccccc3nc3ccccc23)c1. The van der Waals surface area contributed by atoms with Gasteiger partial charge in [-0.1, -0.05) is 36.4 Å². The molecule has 1 aromatic heterocycles. The van der Waals surface area contributed by atoms with Crippen molar-refractivity contribution >= 4 is 50.6 Å².